The van der Waals surface area contributed by atoms with E-state index in [1.807, 2.05) is 70.3 Å². The van der Waals surface area contributed by atoms with E-state index in [9.17, 15) is 9.90 Å². The first-order chi connectivity index (χ1) is 17.9. The van der Waals surface area contributed by atoms with E-state index in [1.165, 1.54) is 0 Å². The number of carbonyl (C=O) groups is 1. The van der Waals surface area contributed by atoms with Crippen LogP contribution in [0.15, 0.2) is 53.7 Å². The van der Waals surface area contributed by atoms with Crippen molar-refractivity contribution in [2.75, 3.05) is 24.6 Å². The predicted octanol–water partition coefficient (Wildman–Crippen LogP) is 6.17. The van der Waals surface area contributed by atoms with Gasteiger partial charge in [-0.2, -0.15) is 0 Å². The maximum Gasteiger partial charge on any atom is 0.333 e. The van der Waals surface area contributed by atoms with Crippen LogP contribution in [0.2, 0.25) is 0 Å². The van der Waals surface area contributed by atoms with Crippen LogP contribution in [0.4, 0.5) is 5.69 Å². The van der Waals surface area contributed by atoms with Crippen molar-refractivity contribution in [1.82, 2.24) is 4.98 Å². The van der Waals surface area contributed by atoms with Crippen molar-refractivity contribution in [1.29, 1.82) is 0 Å². The number of aliphatic carboxylic acids is 1. The summed E-state index contributed by atoms with van der Waals surface area (Å²) in [7, 11) is 0. The summed E-state index contributed by atoms with van der Waals surface area (Å²) in [5, 5.41) is 10.2. The molecule has 1 aromatic heterocycles. The predicted molar refractivity (Wildman–Crippen MR) is 152 cm³/mol. The molecule has 1 saturated heterocycles. The maximum atomic E-state index is 12.5. The van der Waals surface area contributed by atoms with Crippen molar-refractivity contribution in [3.63, 3.8) is 0 Å². The highest BCUT2D eigenvalue weighted by molar-refractivity contribution is 5.88. The highest BCUT2D eigenvalue weighted by Gasteiger charge is 2.47. The molecule has 1 N–H and O–H groups in total. The molecule has 204 valence electrons. The molecule has 2 aliphatic rings. The van der Waals surface area contributed by atoms with Crippen molar-refractivity contribution in [3.8, 4) is 5.75 Å². The quantitative estimate of drug-likeness (QED) is 0.449. The minimum atomic E-state index is -1.13. The van der Waals surface area contributed by atoms with Gasteiger partial charge in [0.1, 0.15) is 12.4 Å². The van der Waals surface area contributed by atoms with E-state index in [2.05, 4.69) is 29.8 Å². The minimum absolute atomic E-state index is 0.123. The smallest absolute Gasteiger partial charge is 0.333 e. The summed E-state index contributed by atoms with van der Waals surface area (Å²) in [6.07, 6.45) is 7.17. The fourth-order valence-electron chi connectivity index (χ4n) is 4.98. The van der Waals surface area contributed by atoms with Gasteiger partial charge in [-0.25, -0.2) is 4.79 Å². The van der Waals surface area contributed by atoms with E-state index in [1.54, 1.807) is 6.21 Å². The first-order valence-electron chi connectivity index (χ1n) is 13.4. The highest BCUT2D eigenvalue weighted by Crippen LogP contribution is 2.40. The second kappa shape index (κ2) is 10.9. The number of aryl methyl sites for hydroxylation is 1. The van der Waals surface area contributed by atoms with Crippen molar-refractivity contribution in [2.24, 2.45) is 15.8 Å². The lowest BCUT2D eigenvalue weighted by atomic mass is 9.78. The molecule has 0 bridgehead atoms. The van der Waals surface area contributed by atoms with Crippen molar-refractivity contribution in [2.45, 2.75) is 72.5 Å². The van der Waals surface area contributed by atoms with Gasteiger partial charge in [-0.05, 0) is 70.6 Å². The van der Waals surface area contributed by atoms with Gasteiger partial charge in [-0.3, -0.25) is 9.98 Å². The fraction of sp³-hybridized carbons (Fsp3) is 0.516. The lowest BCUT2D eigenvalue weighted by Crippen LogP contribution is -2.51. The zero-order chi connectivity index (χ0) is 27.6. The Hall–Kier alpha value is -3.19. The number of hydrogen-bond donors (Lipinski definition) is 1. The molecule has 3 heterocycles. The molecule has 0 aliphatic carbocycles. The normalized spacial score (nSPS) is 22.1. The molecule has 38 heavy (non-hydrogen) atoms. The van der Waals surface area contributed by atoms with Crippen LogP contribution in [0.3, 0.4) is 0 Å². The zero-order valence-electron chi connectivity index (χ0n) is 23.5. The van der Waals surface area contributed by atoms with Gasteiger partial charge in [0.05, 0.1) is 16.7 Å². The monoisotopic (exact) mass is 519 g/mol. The number of carboxylic acids is 1. The summed E-state index contributed by atoms with van der Waals surface area (Å²) < 4.78 is 12.2. The Labute approximate surface area is 226 Å². The van der Waals surface area contributed by atoms with Gasteiger partial charge in [0.15, 0.2) is 6.10 Å². The lowest BCUT2D eigenvalue weighted by molar-refractivity contribution is -0.171. The number of piperidine rings is 1. The van der Waals surface area contributed by atoms with Crippen LogP contribution in [0.5, 0.6) is 5.75 Å². The molecule has 1 aromatic carbocycles. The van der Waals surface area contributed by atoms with Gasteiger partial charge >= 0.3 is 5.97 Å². The van der Waals surface area contributed by atoms with E-state index < -0.39 is 23.1 Å². The molecule has 0 amide bonds. The molecule has 1 fully saturated rings. The zero-order valence-corrected chi connectivity index (χ0v) is 23.5. The van der Waals surface area contributed by atoms with Gasteiger partial charge in [0, 0.05) is 42.4 Å². The molecule has 7 heteroatoms. The summed E-state index contributed by atoms with van der Waals surface area (Å²) in [5.74, 6) is -0.360. The SMILES string of the molecule is Cc1cc(N2CCC(C)(C)CC2)c(C2=CCC(COc3ccccc3)(C(OC(C)(C)C)C(=O)O)C=N2)cn1. The van der Waals surface area contributed by atoms with Gasteiger partial charge < -0.3 is 19.5 Å². The molecule has 2 aromatic rings. The largest absolute Gasteiger partial charge is 0.492 e. The number of rotatable bonds is 8. The summed E-state index contributed by atoms with van der Waals surface area (Å²) in [4.78, 5) is 24.4. The fourth-order valence-corrected chi connectivity index (χ4v) is 4.98. The topological polar surface area (TPSA) is 84.2 Å². The molecular formula is C31H41N3O4. The van der Waals surface area contributed by atoms with Crippen molar-refractivity contribution in [3.05, 3.63) is 59.9 Å². The average Bonchev–Trinajstić information content (AvgIpc) is 2.86. The highest BCUT2D eigenvalue weighted by atomic mass is 16.5. The van der Waals surface area contributed by atoms with E-state index >= 15 is 0 Å². The molecule has 0 spiro atoms. The number of para-hydroxylation sites is 1. The molecule has 0 radical (unpaired) electrons. The van der Waals surface area contributed by atoms with Gasteiger partial charge in [-0.15, -0.1) is 0 Å². The third-order valence-corrected chi connectivity index (χ3v) is 7.36. The number of aromatic nitrogens is 1. The van der Waals surface area contributed by atoms with Crippen LogP contribution >= 0.6 is 0 Å². The van der Waals surface area contributed by atoms with Gasteiger partial charge in [0.25, 0.3) is 0 Å². The van der Waals surface area contributed by atoms with Crippen LogP contribution in [0.1, 0.15) is 65.1 Å². The number of carboxylic acid groups (broad SMARTS) is 1. The third-order valence-electron chi connectivity index (χ3n) is 7.36. The number of anilines is 1. The number of pyridine rings is 1. The van der Waals surface area contributed by atoms with Crippen LogP contribution in [0, 0.1) is 17.8 Å². The molecular weight excluding hydrogens is 478 g/mol. The van der Waals surface area contributed by atoms with Crippen LogP contribution < -0.4 is 9.64 Å². The van der Waals surface area contributed by atoms with Gasteiger partial charge in [0.2, 0.25) is 0 Å². The molecule has 4 rings (SSSR count). The Bertz CT molecular complexity index is 1190. The second-order valence-electron chi connectivity index (χ2n) is 12.3. The van der Waals surface area contributed by atoms with Crippen molar-refractivity contribution < 1.29 is 19.4 Å². The van der Waals surface area contributed by atoms with Crippen LogP contribution in [-0.2, 0) is 9.53 Å². The number of hydrogen-bond acceptors (Lipinski definition) is 6. The lowest BCUT2D eigenvalue weighted by Gasteiger charge is -2.40. The Morgan fingerprint density at radius 3 is 2.42 bits per heavy atom. The maximum absolute atomic E-state index is 12.5. The van der Waals surface area contributed by atoms with E-state index in [-0.39, 0.29) is 6.61 Å². The number of ether oxygens (including phenoxy) is 2. The van der Waals surface area contributed by atoms with Crippen molar-refractivity contribution >= 4 is 23.6 Å². The number of benzene rings is 1. The number of aliphatic imine (C=N–C) groups is 1. The molecule has 0 saturated carbocycles. The number of nitrogens with zero attached hydrogens (tertiary/aromatic N) is 3. The van der Waals surface area contributed by atoms with Crippen LogP contribution in [0.25, 0.3) is 5.70 Å². The molecule has 2 atom stereocenters. The second-order valence-corrected chi connectivity index (χ2v) is 12.3. The van der Waals surface area contributed by atoms with Crippen LogP contribution in [-0.4, -0.2) is 53.7 Å². The Morgan fingerprint density at radius 1 is 1.16 bits per heavy atom. The molecule has 2 unspecified atom stereocenters. The summed E-state index contributed by atoms with van der Waals surface area (Å²) in [6, 6.07) is 11.6. The van der Waals surface area contributed by atoms with Gasteiger partial charge in [-0.1, -0.05) is 38.1 Å². The first kappa shape index (κ1) is 27.8. The standard InChI is InChI=1S/C31H41N3O4/c1-22-18-26(34-16-14-30(5,6)15-17-34)24(19-32-22)25-12-13-31(20-33-25,21-37-23-10-8-7-9-11-23)27(28(35)36)38-29(2,3)4/h7-12,18-20,27H,13-17,21H2,1-6H3,(H,35,36). The Balaban J connectivity index is 1.65. The molecule has 7 nitrogen and oxygen atoms in total. The third kappa shape index (κ3) is 6.62. The first-order valence-corrected chi connectivity index (χ1v) is 13.4. The Morgan fingerprint density at radius 2 is 1.84 bits per heavy atom. The summed E-state index contributed by atoms with van der Waals surface area (Å²) in [5.41, 5.74) is 2.57. The average molecular weight is 520 g/mol. The minimum Gasteiger partial charge on any atom is -0.492 e. The van der Waals surface area contributed by atoms with E-state index in [0.29, 0.717) is 17.6 Å². The number of allylic oxidation sites excluding steroid dienone is 1. The molecule has 2 aliphatic heterocycles. The summed E-state index contributed by atoms with van der Waals surface area (Å²) >= 11 is 0. The Kier molecular flexibility index (Phi) is 7.98. The van der Waals surface area contributed by atoms with E-state index in [4.69, 9.17) is 14.5 Å². The summed E-state index contributed by atoms with van der Waals surface area (Å²) in [6.45, 7) is 14.3. The van der Waals surface area contributed by atoms with E-state index in [0.717, 1.165) is 48.6 Å².